The van der Waals surface area contributed by atoms with Gasteiger partial charge in [-0.25, -0.2) is 8.42 Å². The lowest BCUT2D eigenvalue weighted by Gasteiger charge is -2.20. The van der Waals surface area contributed by atoms with Crippen molar-refractivity contribution in [2.75, 3.05) is 36.8 Å². The number of aliphatic imine (C=N–C) groups is 1. The predicted octanol–water partition coefficient (Wildman–Crippen LogP) is 3.13. The highest BCUT2D eigenvalue weighted by Crippen LogP contribution is 2.20. The maximum absolute atomic E-state index is 12.4. The van der Waals surface area contributed by atoms with Crippen LogP contribution in [0.25, 0.3) is 0 Å². The van der Waals surface area contributed by atoms with E-state index in [-0.39, 0.29) is 11.5 Å². The molecule has 0 spiro atoms. The fourth-order valence-corrected chi connectivity index (χ4v) is 5.17. The molecule has 168 valence electrons. The van der Waals surface area contributed by atoms with Crippen molar-refractivity contribution in [1.82, 2.24) is 10.6 Å². The average Bonchev–Trinajstić information content (AvgIpc) is 3.21. The number of rotatable bonds is 9. The van der Waals surface area contributed by atoms with Crippen molar-refractivity contribution in [3.8, 4) is 0 Å². The van der Waals surface area contributed by atoms with Crippen LogP contribution in [0.2, 0.25) is 0 Å². The van der Waals surface area contributed by atoms with Gasteiger partial charge in [0.05, 0.1) is 11.5 Å². The third-order valence-corrected chi connectivity index (χ3v) is 7.07. The van der Waals surface area contributed by atoms with Crippen LogP contribution in [0, 0.1) is 6.92 Å². The smallest absolute Gasteiger partial charge is 0.191 e. The SMILES string of the molecule is CCNC(=NCCCS(=O)(=O)Cc1ccccc1)NC1CCN(c2ccc(C)cc2)C1. The summed E-state index contributed by atoms with van der Waals surface area (Å²) in [6.07, 6.45) is 1.57. The van der Waals surface area contributed by atoms with Gasteiger partial charge in [-0.15, -0.1) is 0 Å². The molecule has 1 aliphatic rings. The molecule has 6 nitrogen and oxygen atoms in total. The molecule has 1 aliphatic heterocycles. The highest BCUT2D eigenvalue weighted by molar-refractivity contribution is 7.90. The molecule has 0 aromatic heterocycles. The average molecular weight is 443 g/mol. The van der Waals surface area contributed by atoms with Crippen LogP contribution >= 0.6 is 0 Å². The molecule has 2 aromatic rings. The summed E-state index contributed by atoms with van der Waals surface area (Å²) in [6.45, 7) is 7.33. The Labute approximate surface area is 186 Å². The number of nitrogens with zero attached hydrogens (tertiary/aromatic N) is 2. The standard InChI is InChI=1S/C24H34N4O2S/c1-3-25-24(26-15-7-17-31(29,30)19-21-8-5-4-6-9-21)27-22-14-16-28(18-22)23-12-10-20(2)11-13-23/h4-6,8-13,22H,3,7,14-19H2,1-2H3,(H2,25,26,27). The molecule has 7 heteroatoms. The lowest BCUT2D eigenvalue weighted by atomic mass is 10.2. The van der Waals surface area contributed by atoms with Crippen LogP contribution in [0.4, 0.5) is 5.69 Å². The molecule has 0 bridgehead atoms. The lowest BCUT2D eigenvalue weighted by Crippen LogP contribution is -2.44. The summed E-state index contributed by atoms with van der Waals surface area (Å²) in [5.41, 5.74) is 3.35. The Hall–Kier alpha value is -2.54. The first-order valence-electron chi connectivity index (χ1n) is 11.1. The zero-order valence-corrected chi connectivity index (χ0v) is 19.4. The van der Waals surface area contributed by atoms with E-state index >= 15 is 0 Å². The summed E-state index contributed by atoms with van der Waals surface area (Å²) < 4.78 is 24.7. The topological polar surface area (TPSA) is 73.8 Å². The van der Waals surface area contributed by atoms with E-state index in [2.05, 4.69) is 51.7 Å². The molecule has 1 saturated heterocycles. The van der Waals surface area contributed by atoms with Crippen LogP contribution in [0.5, 0.6) is 0 Å². The molecule has 2 aromatic carbocycles. The monoisotopic (exact) mass is 442 g/mol. The molecule has 31 heavy (non-hydrogen) atoms. The number of hydrogen-bond donors (Lipinski definition) is 2. The highest BCUT2D eigenvalue weighted by Gasteiger charge is 2.23. The molecule has 1 atom stereocenters. The fraction of sp³-hybridized carbons (Fsp3) is 0.458. The van der Waals surface area contributed by atoms with Gasteiger partial charge in [-0.1, -0.05) is 48.0 Å². The highest BCUT2D eigenvalue weighted by atomic mass is 32.2. The Morgan fingerprint density at radius 1 is 1.13 bits per heavy atom. The van der Waals surface area contributed by atoms with Gasteiger partial charge in [0.2, 0.25) is 0 Å². The van der Waals surface area contributed by atoms with Crippen molar-refractivity contribution in [3.05, 3.63) is 65.7 Å². The van der Waals surface area contributed by atoms with Crippen LogP contribution in [-0.4, -0.2) is 52.4 Å². The van der Waals surface area contributed by atoms with E-state index in [1.807, 2.05) is 37.3 Å². The minimum atomic E-state index is -3.13. The minimum absolute atomic E-state index is 0.0901. The van der Waals surface area contributed by atoms with Gasteiger partial charge in [0.1, 0.15) is 0 Å². The van der Waals surface area contributed by atoms with Crippen LogP contribution < -0.4 is 15.5 Å². The van der Waals surface area contributed by atoms with Gasteiger partial charge in [-0.2, -0.15) is 0 Å². The van der Waals surface area contributed by atoms with Gasteiger partial charge in [0, 0.05) is 37.9 Å². The van der Waals surface area contributed by atoms with Crippen LogP contribution in [0.3, 0.4) is 0 Å². The van der Waals surface area contributed by atoms with Crippen molar-refractivity contribution in [2.24, 2.45) is 4.99 Å². The number of anilines is 1. The van der Waals surface area contributed by atoms with E-state index in [1.54, 1.807) is 0 Å². The van der Waals surface area contributed by atoms with Crippen molar-refractivity contribution >= 4 is 21.5 Å². The molecule has 0 radical (unpaired) electrons. The lowest BCUT2D eigenvalue weighted by molar-refractivity contribution is 0.592. The zero-order valence-electron chi connectivity index (χ0n) is 18.5. The maximum atomic E-state index is 12.4. The van der Waals surface area contributed by atoms with Crippen molar-refractivity contribution in [2.45, 2.75) is 38.5 Å². The summed E-state index contributed by atoms with van der Waals surface area (Å²) in [7, 11) is -3.13. The van der Waals surface area contributed by atoms with Gasteiger partial charge in [-0.05, 0) is 44.4 Å². The minimum Gasteiger partial charge on any atom is -0.369 e. The largest absolute Gasteiger partial charge is 0.369 e. The Balaban J connectivity index is 1.47. The third-order valence-electron chi connectivity index (χ3n) is 5.39. The molecule has 0 saturated carbocycles. The Bertz CT molecular complexity index is 943. The van der Waals surface area contributed by atoms with E-state index in [0.717, 1.165) is 37.6 Å². The summed E-state index contributed by atoms with van der Waals surface area (Å²) in [5.74, 6) is 1.00. The van der Waals surface area contributed by atoms with Crippen LogP contribution in [-0.2, 0) is 15.6 Å². The number of hydrogen-bond acceptors (Lipinski definition) is 4. The third kappa shape index (κ3) is 7.58. The molecule has 2 N–H and O–H groups in total. The Kier molecular flexibility index (Phi) is 8.35. The molecular formula is C24H34N4O2S. The zero-order chi connectivity index (χ0) is 22.1. The molecule has 3 rings (SSSR count). The number of guanidine groups is 1. The van der Waals surface area contributed by atoms with Crippen molar-refractivity contribution < 1.29 is 8.42 Å². The number of aryl methyl sites for hydroxylation is 1. The van der Waals surface area contributed by atoms with Crippen LogP contribution in [0.1, 0.15) is 30.9 Å². The second-order valence-electron chi connectivity index (χ2n) is 8.10. The first-order valence-corrected chi connectivity index (χ1v) is 12.9. The Morgan fingerprint density at radius 2 is 1.87 bits per heavy atom. The van der Waals surface area contributed by atoms with Gasteiger partial charge in [-0.3, -0.25) is 4.99 Å². The first-order chi connectivity index (χ1) is 14.9. The van der Waals surface area contributed by atoms with Crippen molar-refractivity contribution in [3.63, 3.8) is 0 Å². The molecule has 0 aliphatic carbocycles. The van der Waals surface area contributed by atoms with Gasteiger partial charge in [0.15, 0.2) is 15.8 Å². The van der Waals surface area contributed by atoms with E-state index in [9.17, 15) is 8.42 Å². The summed E-state index contributed by atoms with van der Waals surface area (Å²) >= 11 is 0. The number of nitrogens with one attached hydrogen (secondary N) is 2. The van der Waals surface area contributed by atoms with E-state index in [1.165, 1.54) is 11.3 Å². The van der Waals surface area contributed by atoms with Gasteiger partial charge < -0.3 is 15.5 Å². The van der Waals surface area contributed by atoms with Crippen LogP contribution in [0.15, 0.2) is 59.6 Å². The molecule has 0 amide bonds. The summed E-state index contributed by atoms with van der Waals surface area (Å²) in [6, 6.07) is 18.3. The predicted molar refractivity (Wildman–Crippen MR) is 129 cm³/mol. The molecule has 1 fully saturated rings. The normalized spacial score (nSPS) is 17.0. The van der Waals surface area contributed by atoms with E-state index < -0.39 is 9.84 Å². The first kappa shape index (κ1) is 23.1. The second kappa shape index (κ2) is 11.2. The van der Waals surface area contributed by atoms with E-state index in [0.29, 0.717) is 19.0 Å². The number of sulfone groups is 1. The van der Waals surface area contributed by atoms with Gasteiger partial charge >= 0.3 is 0 Å². The summed E-state index contributed by atoms with van der Waals surface area (Å²) in [4.78, 5) is 6.99. The summed E-state index contributed by atoms with van der Waals surface area (Å²) in [5, 5.41) is 6.79. The molecular weight excluding hydrogens is 408 g/mol. The Morgan fingerprint density at radius 3 is 2.58 bits per heavy atom. The maximum Gasteiger partial charge on any atom is 0.191 e. The molecule has 1 heterocycles. The molecule has 1 unspecified atom stereocenters. The van der Waals surface area contributed by atoms with Gasteiger partial charge in [0.25, 0.3) is 0 Å². The van der Waals surface area contributed by atoms with Crippen molar-refractivity contribution in [1.29, 1.82) is 0 Å². The number of benzene rings is 2. The fourth-order valence-electron chi connectivity index (χ4n) is 3.76. The quantitative estimate of drug-likeness (QED) is 0.355. The van der Waals surface area contributed by atoms with E-state index in [4.69, 9.17) is 0 Å². The second-order valence-corrected chi connectivity index (χ2v) is 10.3.